The van der Waals surface area contributed by atoms with Gasteiger partial charge >= 0.3 is 6.03 Å². The van der Waals surface area contributed by atoms with Crippen LogP contribution in [-0.2, 0) is 9.59 Å². The number of benzene rings is 1. The fourth-order valence-corrected chi connectivity index (χ4v) is 3.82. The van der Waals surface area contributed by atoms with Crippen molar-refractivity contribution in [2.45, 2.75) is 45.6 Å². The van der Waals surface area contributed by atoms with Gasteiger partial charge in [0.2, 0.25) is 5.91 Å². The summed E-state index contributed by atoms with van der Waals surface area (Å²) in [5.74, 6) is 0.172. The molecule has 2 fully saturated rings. The molecule has 0 radical (unpaired) electrons. The molecular weight excluding hydrogens is 384 g/mol. The average molecular weight is 417 g/mol. The molecular formula is C22H32N4O4. The van der Waals surface area contributed by atoms with Crippen molar-refractivity contribution in [3.63, 3.8) is 0 Å². The fraction of sp³-hybridized carbons (Fsp3) is 0.591. The van der Waals surface area contributed by atoms with Gasteiger partial charge in [0.15, 0.2) is 6.61 Å². The first-order chi connectivity index (χ1) is 14.4. The van der Waals surface area contributed by atoms with Crippen molar-refractivity contribution < 1.29 is 19.1 Å². The number of nitrogens with one attached hydrogen (secondary N) is 2. The van der Waals surface area contributed by atoms with Crippen LogP contribution in [0.25, 0.3) is 0 Å². The molecule has 8 nitrogen and oxygen atoms in total. The third-order valence-corrected chi connectivity index (χ3v) is 5.41. The molecule has 0 spiro atoms. The van der Waals surface area contributed by atoms with Crippen LogP contribution >= 0.6 is 0 Å². The van der Waals surface area contributed by atoms with E-state index in [1.54, 1.807) is 29.2 Å². The Morgan fingerprint density at radius 3 is 2.57 bits per heavy atom. The highest BCUT2D eigenvalue weighted by Crippen LogP contribution is 2.22. The van der Waals surface area contributed by atoms with Crippen LogP contribution < -0.4 is 15.4 Å². The van der Waals surface area contributed by atoms with E-state index in [1.807, 2.05) is 18.7 Å². The second kappa shape index (κ2) is 10.3. The number of piperidine rings is 1. The van der Waals surface area contributed by atoms with Crippen LogP contribution in [0.2, 0.25) is 0 Å². The average Bonchev–Trinajstić information content (AvgIpc) is 3.27. The maximum absolute atomic E-state index is 12.7. The van der Waals surface area contributed by atoms with Gasteiger partial charge in [0.25, 0.3) is 5.91 Å². The van der Waals surface area contributed by atoms with Gasteiger partial charge in [0.1, 0.15) is 5.75 Å². The van der Waals surface area contributed by atoms with Crippen LogP contribution in [0.3, 0.4) is 0 Å². The van der Waals surface area contributed by atoms with Crippen molar-refractivity contribution in [3.8, 4) is 5.75 Å². The lowest BCUT2D eigenvalue weighted by Gasteiger charge is -2.32. The van der Waals surface area contributed by atoms with E-state index in [9.17, 15) is 14.4 Å². The molecule has 2 heterocycles. The minimum Gasteiger partial charge on any atom is -0.484 e. The Balaban J connectivity index is 1.51. The highest BCUT2D eigenvalue weighted by atomic mass is 16.5. The van der Waals surface area contributed by atoms with Gasteiger partial charge in [0.05, 0.1) is 5.92 Å². The van der Waals surface area contributed by atoms with Crippen molar-refractivity contribution in [3.05, 3.63) is 24.3 Å². The number of hydrogen-bond acceptors (Lipinski definition) is 4. The molecule has 164 valence electrons. The minimum atomic E-state index is -0.252. The van der Waals surface area contributed by atoms with Crippen molar-refractivity contribution in [1.82, 2.24) is 15.1 Å². The van der Waals surface area contributed by atoms with E-state index in [2.05, 4.69) is 10.6 Å². The summed E-state index contributed by atoms with van der Waals surface area (Å²) in [6.45, 7) is 6.50. The normalized spacial score (nSPS) is 19.0. The molecule has 0 saturated carbocycles. The Bertz CT molecular complexity index is 761. The van der Waals surface area contributed by atoms with Crippen molar-refractivity contribution >= 4 is 23.5 Å². The largest absolute Gasteiger partial charge is 0.484 e. The maximum Gasteiger partial charge on any atom is 0.317 e. The van der Waals surface area contributed by atoms with Gasteiger partial charge in [-0.15, -0.1) is 0 Å². The number of anilines is 1. The first-order valence-corrected chi connectivity index (χ1v) is 10.8. The molecule has 0 bridgehead atoms. The van der Waals surface area contributed by atoms with E-state index in [-0.39, 0.29) is 36.4 Å². The van der Waals surface area contributed by atoms with E-state index in [0.717, 1.165) is 38.8 Å². The van der Waals surface area contributed by atoms with E-state index >= 15 is 0 Å². The maximum atomic E-state index is 12.7. The van der Waals surface area contributed by atoms with Gasteiger partial charge in [-0.3, -0.25) is 9.59 Å². The van der Waals surface area contributed by atoms with Crippen molar-refractivity contribution in [2.24, 2.45) is 5.92 Å². The Morgan fingerprint density at radius 2 is 1.83 bits per heavy atom. The van der Waals surface area contributed by atoms with Crippen LogP contribution in [0.5, 0.6) is 5.75 Å². The van der Waals surface area contributed by atoms with Crippen molar-refractivity contribution in [2.75, 3.05) is 38.1 Å². The van der Waals surface area contributed by atoms with Gasteiger partial charge in [-0.2, -0.15) is 0 Å². The van der Waals surface area contributed by atoms with E-state index < -0.39 is 0 Å². The molecule has 2 N–H and O–H groups in total. The van der Waals surface area contributed by atoms with E-state index in [0.29, 0.717) is 24.5 Å². The monoisotopic (exact) mass is 416 g/mol. The van der Waals surface area contributed by atoms with Gasteiger partial charge in [-0.05, 0) is 51.7 Å². The lowest BCUT2D eigenvalue weighted by molar-refractivity contribution is -0.132. The zero-order chi connectivity index (χ0) is 21.5. The van der Waals surface area contributed by atoms with Gasteiger partial charge in [0, 0.05) is 44.0 Å². The Labute approximate surface area is 177 Å². The fourth-order valence-electron chi connectivity index (χ4n) is 3.82. The first kappa shape index (κ1) is 21.9. The zero-order valence-corrected chi connectivity index (χ0v) is 17.9. The van der Waals surface area contributed by atoms with Crippen LogP contribution in [-0.4, -0.2) is 66.5 Å². The molecule has 2 aliphatic heterocycles. The van der Waals surface area contributed by atoms with Gasteiger partial charge in [-0.25, -0.2) is 4.79 Å². The number of hydrogen-bond donors (Lipinski definition) is 2. The topological polar surface area (TPSA) is 91.0 Å². The number of ether oxygens (including phenoxy) is 1. The lowest BCUT2D eigenvalue weighted by Crippen LogP contribution is -2.49. The third kappa shape index (κ3) is 6.11. The lowest BCUT2D eigenvalue weighted by atomic mass is 9.97. The molecule has 1 atom stereocenters. The standard InChI is InChI=1S/C22H32N4O4/c1-16(2)23-22(29)26-12-6-7-17(14-26)21(28)24-18-8-5-9-19(13-18)30-15-20(27)25-10-3-4-11-25/h5,8-9,13,16-17H,3-4,6-7,10-12,14-15H2,1-2H3,(H,23,29)(H,24,28)/t17-/m1/s1. The van der Waals surface area contributed by atoms with Crippen LogP contribution in [0, 0.1) is 5.92 Å². The van der Waals surface area contributed by atoms with E-state index in [4.69, 9.17) is 4.74 Å². The quantitative estimate of drug-likeness (QED) is 0.745. The van der Waals surface area contributed by atoms with Crippen LogP contribution in [0.15, 0.2) is 24.3 Å². The summed E-state index contributed by atoms with van der Waals surface area (Å²) < 4.78 is 5.63. The second-order valence-electron chi connectivity index (χ2n) is 8.28. The molecule has 2 aliphatic rings. The number of nitrogens with zero attached hydrogens (tertiary/aromatic N) is 2. The number of urea groups is 1. The molecule has 3 rings (SSSR count). The Hall–Kier alpha value is -2.77. The molecule has 30 heavy (non-hydrogen) atoms. The van der Waals surface area contributed by atoms with E-state index in [1.165, 1.54) is 0 Å². The summed E-state index contributed by atoms with van der Waals surface area (Å²) in [6, 6.07) is 7.01. The van der Waals surface area contributed by atoms with Crippen molar-refractivity contribution in [1.29, 1.82) is 0 Å². The molecule has 1 aromatic carbocycles. The second-order valence-corrected chi connectivity index (χ2v) is 8.28. The van der Waals surface area contributed by atoms with Crippen LogP contribution in [0.1, 0.15) is 39.5 Å². The zero-order valence-electron chi connectivity index (χ0n) is 17.9. The smallest absolute Gasteiger partial charge is 0.317 e. The summed E-state index contributed by atoms with van der Waals surface area (Å²) in [4.78, 5) is 40.6. The SMILES string of the molecule is CC(C)NC(=O)N1CCC[C@@H](C(=O)Nc2cccc(OCC(=O)N3CCCC3)c2)C1. The summed E-state index contributed by atoms with van der Waals surface area (Å²) in [5.41, 5.74) is 0.620. The summed E-state index contributed by atoms with van der Waals surface area (Å²) >= 11 is 0. The minimum absolute atomic E-state index is 0.0000520. The number of likely N-dealkylation sites (tertiary alicyclic amines) is 2. The van der Waals surface area contributed by atoms with Gasteiger partial charge in [-0.1, -0.05) is 6.07 Å². The summed E-state index contributed by atoms with van der Waals surface area (Å²) in [5, 5.41) is 5.80. The summed E-state index contributed by atoms with van der Waals surface area (Å²) in [6.07, 6.45) is 3.64. The Morgan fingerprint density at radius 1 is 1.10 bits per heavy atom. The molecule has 8 heteroatoms. The molecule has 4 amide bonds. The summed E-state index contributed by atoms with van der Waals surface area (Å²) in [7, 11) is 0. The molecule has 0 aromatic heterocycles. The van der Waals surface area contributed by atoms with Crippen LogP contribution in [0.4, 0.5) is 10.5 Å². The highest BCUT2D eigenvalue weighted by molar-refractivity contribution is 5.93. The predicted octanol–water partition coefficient (Wildman–Crippen LogP) is 2.46. The predicted molar refractivity (Wildman–Crippen MR) is 114 cm³/mol. The first-order valence-electron chi connectivity index (χ1n) is 10.8. The number of carbonyl (C=O) groups is 3. The Kier molecular flexibility index (Phi) is 7.54. The molecule has 0 aliphatic carbocycles. The molecule has 2 saturated heterocycles. The van der Waals surface area contributed by atoms with Gasteiger partial charge < -0.3 is 25.2 Å². The number of rotatable bonds is 6. The highest BCUT2D eigenvalue weighted by Gasteiger charge is 2.28. The molecule has 1 aromatic rings. The number of amides is 4. The third-order valence-electron chi connectivity index (χ3n) is 5.41. The molecule has 0 unspecified atom stereocenters. The number of carbonyl (C=O) groups excluding carboxylic acids is 3.